The molecule has 1 atom stereocenters. The zero-order valence-electron chi connectivity index (χ0n) is 10.7. The molecule has 104 valence electrons. The van der Waals surface area contributed by atoms with E-state index in [-0.39, 0.29) is 11.8 Å². The van der Waals surface area contributed by atoms with Crippen LogP contribution in [0.25, 0.3) is 0 Å². The summed E-state index contributed by atoms with van der Waals surface area (Å²) in [6, 6.07) is 3.51. The zero-order chi connectivity index (χ0) is 13.7. The summed E-state index contributed by atoms with van der Waals surface area (Å²) >= 11 is 0. The van der Waals surface area contributed by atoms with Gasteiger partial charge in [0, 0.05) is 19.2 Å². The standard InChI is InChI=1S/C14H18F2N2O/c15-12-4-3-10(13(16)8-12)5-7-18-14(19)11-2-1-6-17-9-11/h3-4,8,11,17H,1-2,5-7,9H2,(H,18,19). The molecule has 19 heavy (non-hydrogen) atoms. The molecule has 1 aliphatic heterocycles. The van der Waals surface area contributed by atoms with E-state index in [4.69, 9.17) is 0 Å². The molecule has 0 aromatic heterocycles. The molecule has 1 heterocycles. The lowest BCUT2D eigenvalue weighted by atomic mass is 9.99. The average Bonchev–Trinajstić information content (AvgIpc) is 2.42. The van der Waals surface area contributed by atoms with Gasteiger partial charge in [0.1, 0.15) is 11.6 Å². The van der Waals surface area contributed by atoms with Gasteiger partial charge in [0.25, 0.3) is 0 Å². The van der Waals surface area contributed by atoms with Crippen LogP contribution in [0.4, 0.5) is 8.78 Å². The molecule has 1 unspecified atom stereocenters. The van der Waals surface area contributed by atoms with Crippen molar-refractivity contribution in [2.45, 2.75) is 19.3 Å². The number of carbonyl (C=O) groups is 1. The summed E-state index contributed by atoms with van der Waals surface area (Å²) in [5.74, 6) is -1.13. The molecular formula is C14H18F2N2O. The van der Waals surface area contributed by atoms with Crippen molar-refractivity contribution in [2.75, 3.05) is 19.6 Å². The Kier molecular flexibility index (Phi) is 4.85. The van der Waals surface area contributed by atoms with Gasteiger partial charge in [-0.05, 0) is 37.4 Å². The predicted octanol–water partition coefficient (Wildman–Crippen LogP) is 1.62. The second kappa shape index (κ2) is 6.61. The Morgan fingerprint density at radius 3 is 2.95 bits per heavy atom. The van der Waals surface area contributed by atoms with Crippen molar-refractivity contribution in [1.29, 1.82) is 0 Å². The highest BCUT2D eigenvalue weighted by Gasteiger charge is 2.20. The Balaban J connectivity index is 1.78. The van der Waals surface area contributed by atoms with Gasteiger partial charge in [0.2, 0.25) is 5.91 Å². The Hall–Kier alpha value is -1.49. The fourth-order valence-electron chi connectivity index (χ4n) is 2.26. The Morgan fingerprint density at radius 2 is 2.26 bits per heavy atom. The van der Waals surface area contributed by atoms with Crippen molar-refractivity contribution in [3.8, 4) is 0 Å². The average molecular weight is 268 g/mol. The second-order valence-electron chi connectivity index (χ2n) is 4.82. The van der Waals surface area contributed by atoms with E-state index in [1.807, 2.05) is 0 Å². The van der Waals surface area contributed by atoms with Gasteiger partial charge in [-0.1, -0.05) is 6.07 Å². The van der Waals surface area contributed by atoms with Crippen molar-refractivity contribution in [1.82, 2.24) is 10.6 Å². The summed E-state index contributed by atoms with van der Waals surface area (Å²) in [7, 11) is 0. The van der Waals surface area contributed by atoms with Crippen LogP contribution in [0.5, 0.6) is 0 Å². The van der Waals surface area contributed by atoms with E-state index in [9.17, 15) is 13.6 Å². The molecule has 3 nitrogen and oxygen atoms in total. The van der Waals surface area contributed by atoms with Crippen molar-refractivity contribution in [2.24, 2.45) is 5.92 Å². The van der Waals surface area contributed by atoms with Gasteiger partial charge in [0.15, 0.2) is 0 Å². The number of rotatable bonds is 4. The molecule has 1 aromatic carbocycles. The van der Waals surface area contributed by atoms with E-state index in [0.717, 1.165) is 25.5 Å². The number of piperidine rings is 1. The highest BCUT2D eigenvalue weighted by molar-refractivity contribution is 5.78. The van der Waals surface area contributed by atoms with Gasteiger partial charge < -0.3 is 10.6 Å². The van der Waals surface area contributed by atoms with Crippen LogP contribution in [-0.2, 0) is 11.2 Å². The van der Waals surface area contributed by atoms with Crippen LogP contribution in [0.1, 0.15) is 18.4 Å². The first-order valence-electron chi connectivity index (χ1n) is 6.59. The third kappa shape index (κ3) is 3.99. The molecule has 1 saturated heterocycles. The van der Waals surface area contributed by atoms with Gasteiger partial charge in [-0.2, -0.15) is 0 Å². The molecule has 2 rings (SSSR count). The summed E-state index contributed by atoms with van der Waals surface area (Å²) in [6.07, 6.45) is 2.27. The summed E-state index contributed by atoms with van der Waals surface area (Å²) in [6.45, 7) is 2.04. The second-order valence-corrected chi connectivity index (χ2v) is 4.82. The summed E-state index contributed by atoms with van der Waals surface area (Å²) < 4.78 is 26.1. The minimum Gasteiger partial charge on any atom is -0.355 e. The van der Waals surface area contributed by atoms with E-state index in [2.05, 4.69) is 10.6 Å². The van der Waals surface area contributed by atoms with E-state index in [0.29, 0.717) is 25.1 Å². The number of benzene rings is 1. The zero-order valence-corrected chi connectivity index (χ0v) is 10.7. The molecule has 1 fully saturated rings. The minimum absolute atomic E-state index is 0.00631. The van der Waals surface area contributed by atoms with Crippen LogP contribution < -0.4 is 10.6 Å². The molecule has 1 amide bonds. The molecule has 0 radical (unpaired) electrons. The molecule has 0 bridgehead atoms. The Labute approximate surface area is 111 Å². The van der Waals surface area contributed by atoms with Gasteiger partial charge in [-0.3, -0.25) is 4.79 Å². The number of nitrogens with one attached hydrogen (secondary N) is 2. The number of halogens is 2. The maximum atomic E-state index is 13.4. The maximum Gasteiger partial charge on any atom is 0.224 e. The number of carbonyl (C=O) groups excluding carboxylic acids is 1. The van der Waals surface area contributed by atoms with Crippen molar-refractivity contribution in [3.63, 3.8) is 0 Å². The van der Waals surface area contributed by atoms with E-state index >= 15 is 0 Å². The Bertz CT molecular complexity index is 445. The van der Waals surface area contributed by atoms with Crippen molar-refractivity contribution in [3.05, 3.63) is 35.4 Å². The molecule has 5 heteroatoms. The summed E-state index contributed by atoms with van der Waals surface area (Å²) in [5, 5.41) is 5.98. The number of hydrogen-bond acceptors (Lipinski definition) is 2. The third-order valence-electron chi connectivity index (χ3n) is 3.38. The van der Waals surface area contributed by atoms with Gasteiger partial charge in [0.05, 0.1) is 5.92 Å². The van der Waals surface area contributed by atoms with Crippen molar-refractivity contribution >= 4 is 5.91 Å². The normalized spacial score (nSPS) is 19.2. The van der Waals surface area contributed by atoms with Gasteiger partial charge in [-0.15, -0.1) is 0 Å². The smallest absolute Gasteiger partial charge is 0.224 e. The summed E-state index contributed by atoms with van der Waals surface area (Å²) in [4.78, 5) is 11.8. The monoisotopic (exact) mass is 268 g/mol. The first kappa shape index (κ1) is 13.9. The van der Waals surface area contributed by atoms with E-state index in [1.54, 1.807) is 0 Å². The number of amides is 1. The topological polar surface area (TPSA) is 41.1 Å². The molecular weight excluding hydrogens is 250 g/mol. The fraction of sp³-hybridized carbons (Fsp3) is 0.500. The largest absolute Gasteiger partial charge is 0.355 e. The first-order chi connectivity index (χ1) is 9.16. The third-order valence-corrected chi connectivity index (χ3v) is 3.38. The number of hydrogen-bond donors (Lipinski definition) is 2. The molecule has 0 spiro atoms. The minimum atomic E-state index is -0.585. The molecule has 1 aliphatic rings. The highest BCUT2D eigenvalue weighted by Crippen LogP contribution is 2.11. The first-order valence-corrected chi connectivity index (χ1v) is 6.59. The lowest BCUT2D eigenvalue weighted by Crippen LogP contribution is -2.41. The highest BCUT2D eigenvalue weighted by atomic mass is 19.1. The van der Waals surface area contributed by atoms with E-state index in [1.165, 1.54) is 12.1 Å². The molecule has 2 N–H and O–H groups in total. The van der Waals surface area contributed by atoms with Gasteiger partial charge in [-0.25, -0.2) is 8.78 Å². The quantitative estimate of drug-likeness (QED) is 0.871. The predicted molar refractivity (Wildman–Crippen MR) is 68.7 cm³/mol. The van der Waals surface area contributed by atoms with Crippen LogP contribution in [0.15, 0.2) is 18.2 Å². The molecule has 0 aliphatic carbocycles. The van der Waals surface area contributed by atoms with Crippen LogP contribution in [0.3, 0.4) is 0 Å². The van der Waals surface area contributed by atoms with Gasteiger partial charge >= 0.3 is 0 Å². The van der Waals surface area contributed by atoms with Crippen LogP contribution in [0, 0.1) is 17.6 Å². The lowest BCUT2D eigenvalue weighted by Gasteiger charge is -2.21. The van der Waals surface area contributed by atoms with Crippen molar-refractivity contribution < 1.29 is 13.6 Å². The SMILES string of the molecule is O=C(NCCc1ccc(F)cc1F)C1CCCNC1. The summed E-state index contributed by atoms with van der Waals surface area (Å²) in [5.41, 5.74) is 0.420. The van der Waals surface area contributed by atoms with Crippen LogP contribution >= 0.6 is 0 Å². The van der Waals surface area contributed by atoms with E-state index < -0.39 is 11.6 Å². The van der Waals surface area contributed by atoms with Crippen LogP contribution in [0.2, 0.25) is 0 Å². The molecule has 0 saturated carbocycles. The van der Waals surface area contributed by atoms with Crippen LogP contribution in [-0.4, -0.2) is 25.5 Å². The molecule has 1 aromatic rings. The lowest BCUT2D eigenvalue weighted by molar-refractivity contribution is -0.125. The fourth-order valence-corrected chi connectivity index (χ4v) is 2.26. The Morgan fingerprint density at radius 1 is 1.42 bits per heavy atom. The maximum absolute atomic E-state index is 13.4.